The van der Waals surface area contributed by atoms with Gasteiger partial charge in [-0.25, -0.2) is 14.6 Å². The van der Waals surface area contributed by atoms with Gasteiger partial charge in [-0.2, -0.15) is 0 Å². The van der Waals surface area contributed by atoms with Crippen LogP contribution in [-0.4, -0.2) is 17.2 Å². The van der Waals surface area contributed by atoms with Crippen molar-refractivity contribution in [1.82, 2.24) is 4.90 Å². The number of rotatable bonds is 0. The van der Waals surface area contributed by atoms with Gasteiger partial charge in [-0.15, -0.1) is 13.2 Å². The summed E-state index contributed by atoms with van der Waals surface area (Å²) in [5.41, 5.74) is -1.07. The van der Waals surface area contributed by atoms with Crippen molar-refractivity contribution in [2.24, 2.45) is 5.92 Å². The number of fused-ring (bicyclic) bond motifs is 1. The number of nitrogens with zero attached hydrogens (tertiary/aromatic N) is 2. The average molecular weight is 315 g/mol. The van der Waals surface area contributed by atoms with E-state index in [4.69, 9.17) is 11.6 Å². The third-order valence-electron chi connectivity index (χ3n) is 3.28. The van der Waals surface area contributed by atoms with Crippen LogP contribution < -0.4 is 4.90 Å². The van der Waals surface area contributed by atoms with Crippen molar-refractivity contribution in [3.63, 3.8) is 0 Å². The van der Waals surface area contributed by atoms with E-state index in [9.17, 15) is 18.0 Å². The first-order chi connectivity index (χ1) is 9.89. The van der Waals surface area contributed by atoms with E-state index in [0.717, 1.165) is 17.7 Å². The van der Waals surface area contributed by atoms with Gasteiger partial charge in [-0.05, 0) is 18.9 Å². The van der Waals surface area contributed by atoms with Crippen LogP contribution in [0, 0.1) is 17.9 Å². The van der Waals surface area contributed by atoms with Crippen LogP contribution in [0.15, 0.2) is 24.3 Å². The molecule has 2 amide bonds. The molecular formula is C14H10ClF3N2O. The molecule has 7 heteroatoms. The first-order valence-corrected chi connectivity index (χ1v) is 6.77. The van der Waals surface area contributed by atoms with Crippen LogP contribution in [0.4, 0.5) is 23.7 Å². The SMILES string of the molecule is O=C1N(C#CC2CC2)C(Cl)c2ccccc2N1C(F)(F)F. The van der Waals surface area contributed by atoms with Crippen LogP contribution in [0.1, 0.15) is 23.9 Å². The van der Waals surface area contributed by atoms with E-state index in [-0.39, 0.29) is 22.1 Å². The van der Waals surface area contributed by atoms with E-state index in [2.05, 4.69) is 12.0 Å². The lowest BCUT2D eigenvalue weighted by Crippen LogP contribution is -2.52. The maximum absolute atomic E-state index is 13.2. The summed E-state index contributed by atoms with van der Waals surface area (Å²) in [6, 6.07) is 6.91. The van der Waals surface area contributed by atoms with Crippen LogP contribution in [0.25, 0.3) is 0 Å². The Hall–Kier alpha value is -1.87. The fraction of sp³-hybridized carbons (Fsp3) is 0.357. The first kappa shape index (κ1) is 14.1. The molecule has 1 aliphatic carbocycles. The number of anilines is 1. The van der Waals surface area contributed by atoms with Gasteiger partial charge in [-0.1, -0.05) is 35.7 Å². The topological polar surface area (TPSA) is 23.6 Å². The summed E-state index contributed by atoms with van der Waals surface area (Å²) in [4.78, 5) is 12.6. The van der Waals surface area contributed by atoms with Gasteiger partial charge in [-0.3, -0.25) is 0 Å². The second kappa shape index (κ2) is 4.85. The first-order valence-electron chi connectivity index (χ1n) is 6.34. The van der Waals surface area contributed by atoms with Crippen molar-refractivity contribution in [3.05, 3.63) is 29.8 Å². The maximum Gasteiger partial charge on any atom is 0.493 e. The minimum atomic E-state index is -4.83. The van der Waals surface area contributed by atoms with Gasteiger partial charge in [0.05, 0.1) is 5.69 Å². The summed E-state index contributed by atoms with van der Waals surface area (Å²) in [6.45, 7) is 0. The highest BCUT2D eigenvalue weighted by Gasteiger charge is 2.49. The van der Waals surface area contributed by atoms with Gasteiger partial charge < -0.3 is 0 Å². The summed E-state index contributed by atoms with van der Waals surface area (Å²) in [5.74, 6) is 2.92. The average Bonchev–Trinajstić information content (AvgIpc) is 3.21. The smallest absolute Gasteiger partial charge is 0.247 e. The molecule has 2 aliphatic rings. The van der Waals surface area contributed by atoms with E-state index in [1.807, 2.05) is 0 Å². The Morgan fingerprint density at radius 1 is 1.24 bits per heavy atom. The Bertz CT molecular complexity index is 646. The monoisotopic (exact) mass is 314 g/mol. The second-order valence-electron chi connectivity index (χ2n) is 4.88. The highest BCUT2D eigenvalue weighted by molar-refractivity contribution is 6.23. The van der Waals surface area contributed by atoms with E-state index >= 15 is 0 Å². The Labute approximate surface area is 124 Å². The lowest BCUT2D eigenvalue weighted by molar-refractivity contribution is -0.123. The van der Waals surface area contributed by atoms with Crippen LogP contribution >= 0.6 is 11.6 Å². The van der Waals surface area contributed by atoms with Gasteiger partial charge in [0.25, 0.3) is 0 Å². The van der Waals surface area contributed by atoms with Gasteiger partial charge >= 0.3 is 12.3 Å². The minimum absolute atomic E-state index is 0.151. The van der Waals surface area contributed by atoms with Gasteiger partial charge in [0, 0.05) is 17.5 Å². The van der Waals surface area contributed by atoms with Crippen LogP contribution in [-0.2, 0) is 0 Å². The fourth-order valence-corrected chi connectivity index (χ4v) is 2.39. The fourth-order valence-electron chi connectivity index (χ4n) is 2.08. The van der Waals surface area contributed by atoms with Crippen molar-refractivity contribution in [1.29, 1.82) is 0 Å². The molecular weight excluding hydrogens is 305 g/mol. The number of hydrogen-bond donors (Lipinski definition) is 0. The number of carbonyl (C=O) groups is 1. The highest BCUT2D eigenvalue weighted by Crippen LogP contribution is 2.43. The van der Waals surface area contributed by atoms with Crippen molar-refractivity contribution in [3.8, 4) is 12.0 Å². The Morgan fingerprint density at radius 2 is 1.90 bits per heavy atom. The molecule has 1 unspecified atom stereocenters. The number of urea groups is 1. The van der Waals surface area contributed by atoms with Crippen molar-refractivity contribution < 1.29 is 18.0 Å². The maximum atomic E-state index is 13.2. The predicted octanol–water partition coefficient (Wildman–Crippen LogP) is 4.06. The molecule has 1 heterocycles. The Morgan fingerprint density at radius 3 is 2.52 bits per heavy atom. The van der Waals surface area contributed by atoms with Crippen LogP contribution in [0.3, 0.4) is 0 Å². The zero-order valence-corrected chi connectivity index (χ0v) is 11.4. The largest absolute Gasteiger partial charge is 0.493 e. The third-order valence-corrected chi connectivity index (χ3v) is 3.71. The molecule has 0 saturated heterocycles. The summed E-state index contributed by atoms with van der Waals surface area (Å²) >= 11 is 6.14. The molecule has 110 valence electrons. The number of amides is 2. The Balaban J connectivity index is 2.07. The lowest BCUT2D eigenvalue weighted by atomic mass is 10.1. The van der Waals surface area contributed by atoms with Crippen molar-refractivity contribution in [2.75, 3.05) is 4.90 Å². The van der Waals surface area contributed by atoms with E-state index in [1.165, 1.54) is 18.2 Å². The van der Waals surface area contributed by atoms with E-state index in [0.29, 0.717) is 0 Å². The van der Waals surface area contributed by atoms with Crippen molar-refractivity contribution in [2.45, 2.75) is 24.6 Å². The molecule has 0 aromatic heterocycles. The summed E-state index contributed by atoms with van der Waals surface area (Å²) in [5, 5.41) is 0. The molecule has 0 spiro atoms. The number of para-hydroxylation sites is 1. The summed E-state index contributed by atoms with van der Waals surface area (Å²) in [6.07, 6.45) is -3.02. The molecule has 1 fully saturated rings. The number of alkyl halides is 4. The number of carbonyl (C=O) groups excluding carboxylic acids is 1. The molecule has 1 aliphatic heterocycles. The molecule has 0 N–H and O–H groups in total. The number of benzene rings is 1. The summed E-state index contributed by atoms with van der Waals surface area (Å²) < 4.78 is 39.5. The molecule has 3 nitrogen and oxygen atoms in total. The molecule has 0 bridgehead atoms. The number of halogens is 4. The minimum Gasteiger partial charge on any atom is -0.247 e. The summed E-state index contributed by atoms with van der Waals surface area (Å²) in [7, 11) is 0. The quantitative estimate of drug-likeness (QED) is 0.402. The standard InChI is InChI=1S/C14H10ClF3N2O/c15-12-10-3-1-2-4-11(10)20(14(16,17)18)13(21)19(12)8-7-9-5-6-9/h1-4,9,12H,5-6H2. The molecule has 1 aromatic rings. The normalized spacial score (nSPS) is 21.7. The van der Waals surface area contributed by atoms with Gasteiger partial charge in [0.15, 0.2) is 0 Å². The molecule has 3 rings (SSSR count). The molecule has 1 aromatic carbocycles. The number of hydrogen-bond acceptors (Lipinski definition) is 1. The van der Waals surface area contributed by atoms with Crippen molar-refractivity contribution >= 4 is 23.3 Å². The predicted molar refractivity (Wildman–Crippen MR) is 71.3 cm³/mol. The van der Waals surface area contributed by atoms with Gasteiger partial charge in [0.2, 0.25) is 0 Å². The molecule has 21 heavy (non-hydrogen) atoms. The Kier molecular flexibility index (Phi) is 3.25. The third kappa shape index (κ3) is 2.54. The van der Waals surface area contributed by atoms with E-state index in [1.54, 1.807) is 6.07 Å². The zero-order valence-electron chi connectivity index (χ0n) is 10.7. The van der Waals surface area contributed by atoms with E-state index < -0.39 is 17.8 Å². The van der Waals surface area contributed by atoms with Crippen LogP contribution in [0.2, 0.25) is 0 Å². The second-order valence-corrected chi connectivity index (χ2v) is 5.29. The lowest BCUT2D eigenvalue weighted by Gasteiger charge is -2.37. The molecule has 0 radical (unpaired) electrons. The molecule has 1 atom stereocenters. The van der Waals surface area contributed by atoms with Crippen LogP contribution in [0.5, 0.6) is 0 Å². The zero-order chi connectivity index (χ0) is 15.2. The van der Waals surface area contributed by atoms with Gasteiger partial charge in [0.1, 0.15) is 5.50 Å². The highest BCUT2D eigenvalue weighted by atomic mass is 35.5. The molecule has 1 saturated carbocycles.